The van der Waals surface area contributed by atoms with Crippen molar-refractivity contribution in [2.24, 2.45) is 0 Å². The van der Waals surface area contributed by atoms with Crippen LogP contribution in [0.25, 0.3) is 22.2 Å². The fourth-order valence-corrected chi connectivity index (χ4v) is 5.20. The molecule has 5 heterocycles. The third-order valence-corrected chi connectivity index (χ3v) is 6.99. The lowest BCUT2D eigenvalue weighted by molar-refractivity contribution is -0.128. The lowest BCUT2D eigenvalue weighted by atomic mass is 10.1. The van der Waals surface area contributed by atoms with Crippen molar-refractivity contribution in [3.05, 3.63) is 66.6 Å². The molecule has 9 heteroatoms. The summed E-state index contributed by atoms with van der Waals surface area (Å²) in [6.45, 7) is 2.18. The SMILES string of the molecule is O=CC(O)N1CC2CCC(C1)N2Cc1ccc2cc(Oc3ccc(-c4ccn[nH]4)cn3)ccc2n1. The first kappa shape index (κ1) is 21.8. The minimum atomic E-state index is -1.00. The number of H-pyrrole nitrogens is 1. The van der Waals surface area contributed by atoms with Gasteiger partial charge in [-0.1, -0.05) is 6.07 Å². The molecule has 0 radical (unpaired) electrons. The summed E-state index contributed by atoms with van der Waals surface area (Å²) in [6, 6.07) is 16.3. The highest BCUT2D eigenvalue weighted by Crippen LogP contribution is 2.32. The second-order valence-electron chi connectivity index (χ2n) is 9.18. The van der Waals surface area contributed by atoms with Gasteiger partial charge in [0.1, 0.15) is 5.75 Å². The number of nitrogens with one attached hydrogen (secondary N) is 1. The standard InChI is InChI=1S/C26H26N6O3/c33-16-26(34)31-14-20-4-5-21(15-31)32(20)13-19-3-1-17-11-22(6-7-23(17)29-19)35-25-8-2-18(12-27-25)24-9-10-28-30-24/h1-3,6-12,16,20-21,26,34H,4-5,13-15H2,(H,28,30). The molecule has 3 aromatic heterocycles. The number of pyridine rings is 2. The Balaban J connectivity index is 1.14. The Hall–Kier alpha value is -3.66. The van der Waals surface area contributed by atoms with E-state index in [4.69, 9.17) is 9.72 Å². The highest BCUT2D eigenvalue weighted by molar-refractivity contribution is 5.80. The number of hydrogen-bond donors (Lipinski definition) is 2. The molecule has 1 aromatic carbocycles. The molecule has 2 aliphatic rings. The van der Waals surface area contributed by atoms with Crippen LogP contribution in [0.1, 0.15) is 18.5 Å². The summed E-state index contributed by atoms with van der Waals surface area (Å²) in [5, 5.41) is 17.8. The number of piperazine rings is 1. The number of aliphatic hydroxyl groups excluding tert-OH is 1. The number of aliphatic hydroxyl groups is 1. The fraction of sp³-hybridized carbons (Fsp3) is 0.308. The van der Waals surface area contributed by atoms with E-state index < -0.39 is 6.23 Å². The minimum Gasteiger partial charge on any atom is -0.439 e. The number of aldehydes is 1. The van der Waals surface area contributed by atoms with Gasteiger partial charge in [-0.3, -0.25) is 24.7 Å². The van der Waals surface area contributed by atoms with E-state index in [9.17, 15) is 9.90 Å². The van der Waals surface area contributed by atoms with Crippen LogP contribution in [0.15, 0.2) is 60.9 Å². The van der Waals surface area contributed by atoms with Crippen LogP contribution in [0.3, 0.4) is 0 Å². The molecule has 178 valence electrons. The van der Waals surface area contributed by atoms with E-state index in [1.54, 1.807) is 12.4 Å². The van der Waals surface area contributed by atoms with Crippen LogP contribution in [-0.2, 0) is 11.3 Å². The molecule has 2 N–H and O–H groups in total. The number of carbonyl (C=O) groups is 1. The maximum atomic E-state index is 11.0. The molecule has 2 fully saturated rings. The van der Waals surface area contributed by atoms with E-state index >= 15 is 0 Å². The molecule has 4 aromatic rings. The molecule has 35 heavy (non-hydrogen) atoms. The van der Waals surface area contributed by atoms with E-state index in [-0.39, 0.29) is 0 Å². The van der Waals surface area contributed by atoms with Gasteiger partial charge in [-0.2, -0.15) is 5.10 Å². The van der Waals surface area contributed by atoms with Crippen molar-refractivity contribution in [2.75, 3.05) is 13.1 Å². The summed E-state index contributed by atoms with van der Waals surface area (Å²) in [7, 11) is 0. The smallest absolute Gasteiger partial charge is 0.219 e. The van der Waals surface area contributed by atoms with Crippen molar-refractivity contribution in [3.8, 4) is 22.9 Å². The van der Waals surface area contributed by atoms with Gasteiger partial charge in [-0.15, -0.1) is 0 Å². The van der Waals surface area contributed by atoms with Crippen LogP contribution in [0.4, 0.5) is 0 Å². The lowest BCUT2D eigenvalue weighted by Gasteiger charge is -2.41. The molecule has 3 atom stereocenters. The second kappa shape index (κ2) is 9.18. The normalized spacial score (nSPS) is 21.3. The number of ether oxygens (including phenoxy) is 1. The zero-order valence-corrected chi connectivity index (χ0v) is 19.1. The largest absolute Gasteiger partial charge is 0.439 e. The topological polar surface area (TPSA) is 107 Å². The molecule has 0 amide bonds. The van der Waals surface area contributed by atoms with Gasteiger partial charge in [0.2, 0.25) is 5.88 Å². The maximum absolute atomic E-state index is 11.0. The molecule has 6 rings (SSSR count). The molecule has 2 aliphatic heterocycles. The van der Waals surface area contributed by atoms with Gasteiger partial charge in [-0.25, -0.2) is 4.98 Å². The number of rotatable bonds is 7. The predicted molar refractivity (Wildman–Crippen MR) is 130 cm³/mol. The van der Waals surface area contributed by atoms with Crippen molar-refractivity contribution in [1.82, 2.24) is 30.0 Å². The van der Waals surface area contributed by atoms with Crippen molar-refractivity contribution in [3.63, 3.8) is 0 Å². The van der Waals surface area contributed by atoms with Crippen molar-refractivity contribution >= 4 is 17.2 Å². The average Bonchev–Trinajstić information content (AvgIpc) is 3.49. The number of benzene rings is 1. The van der Waals surface area contributed by atoms with E-state index in [0.717, 1.165) is 47.2 Å². The van der Waals surface area contributed by atoms with Crippen LogP contribution in [0.2, 0.25) is 0 Å². The first-order valence-corrected chi connectivity index (χ1v) is 11.8. The molecule has 0 saturated carbocycles. The minimum absolute atomic E-state index is 0.337. The zero-order valence-electron chi connectivity index (χ0n) is 19.1. The Labute approximate surface area is 202 Å². The number of aromatic amines is 1. The summed E-state index contributed by atoms with van der Waals surface area (Å²) in [5.74, 6) is 1.23. The third-order valence-electron chi connectivity index (χ3n) is 6.99. The van der Waals surface area contributed by atoms with Crippen LogP contribution in [0, 0.1) is 0 Å². The quantitative estimate of drug-likeness (QED) is 0.397. The Morgan fingerprint density at radius 3 is 2.69 bits per heavy atom. The zero-order chi connectivity index (χ0) is 23.8. The van der Waals surface area contributed by atoms with Gasteiger partial charge in [0.15, 0.2) is 12.5 Å². The number of nitrogens with zero attached hydrogens (tertiary/aromatic N) is 5. The molecule has 2 saturated heterocycles. The van der Waals surface area contributed by atoms with Crippen molar-refractivity contribution < 1.29 is 14.6 Å². The van der Waals surface area contributed by atoms with Crippen LogP contribution >= 0.6 is 0 Å². The summed E-state index contributed by atoms with van der Waals surface area (Å²) >= 11 is 0. The van der Waals surface area contributed by atoms with Gasteiger partial charge < -0.3 is 9.84 Å². The highest BCUT2D eigenvalue weighted by Gasteiger charge is 2.41. The fourth-order valence-electron chi connectivity index (χ4n) is 5.20. The molecule has 0 spiro atoms. The van der Waals surface area contributed by atoms with Crippen LogP contribution in [-0.4, -0.2) is 72.8 Å². The van der Waals surface area contributed by atoms with Gasteiger partial charge in [-0.05, 0) is 49.2 Å². The Bertz CT molecular complexity index is 1310. The first-order valence-electron chi connectivity index (χ1n) is 11.8. The summed E-state index contributed by atoms with van der Waals surface area (Å²) in [6.07, 6.45) is 5.24. The monoisotopic (exact) mass is 470 g/mol. The van der Waals surface area contributed by atoms with Gasteiger partial charge >= 0.3 is 0 Å². The summed E-state index contributed by atoms with van der Waals surface area (Å²) in [4.78, 5) is 24.6. The average molecular weight is 471 g/mol. The third kappa shape index (κ3) is 4.41. The summed E-state index contributed by atoms with van der Waals surface area (Å²) in [5.41, 5.74) is 3.79. The predicted octanol–water partition coefficient (Wildman–Crippen LogP) is 2.98. The molecular formula is C26H26N6O3. The number of hydrogen-bond acceptors (Lipinski definition) is 8. The molecule has 2 bridgehead atoms. The van der Waals surface area contributed by atoms with Crippen LogP contribution < -0.4 is 4.74 Å². The Kier molecular flexibility index (Phi) is 5.73. The molecular weight excluding hydrogens is 444 g/mol. The van der Waals surface area contributed by atoms with Gasteiger partial charge in [0.25, 0.3) is 0 Å². The summed E-state index contributed by atoms with van der Waals surface area (Å²) < 4.78 is 5.96. The highest BCUT2D eigenvalue weighted by atomic mass is 16.5. The van der Waals surface area contributed by atoms with Gasteiger partial charge in [0, 0.05) is 61.1 Å². The number of fused-ring (bicyclic) bond motifs is 3. The van der Waals surface area contributed by atoms with Crippen molar-refractivity contribution in [1.29, 1.82) is 0 Å². The number of aromatic nitrogens is 4. The first-order chi connectivity index (χ1) is 17.2. The second-order valence-corrected chi connectivity index (χ2v) is 9.18. The Morgan fingerprint density at radius 2 is 1.97 bits per heavy atom. The maximum Gasteiger partial charge on any atom is 0.219 e. The van der Waals surface area contributed by atoms with Crippen molar-refractivity contribution in [2.45, 2.75) is 37.7 Å². The number of likely N-dealkylation sites (tertiary alicyclic amines) is 1. The Morgan fingerprint density at radius 1 is 1.11 bits per heavy atom. The van der Waals surface area contributed by atoms with E-state index in [0.29, 0.717) is 43.1 Å². The molecule has 3 unspecified atom stereocenters. The van der Waals surface area contributed by atoms with Gasteiger partial charge in [0.05, 0.1) is 16.9 Å². The lowest BCUT2D eigenvalue weighted by Crippen LogP contribution is -2.56. The van der Waals surface area contributed by atoms with E-state index in [1.165, 1.54) is 0 Å². The molecule has 9 nitrogen and oxygen atoms in total. The van der Waals surface area contributed by atoms with E-state index in [2.05, 4.69) is 32.2 Å². The van der Waals surface area contributed by atoms with E-state index in [1.807, 2.05) is 41.3 Å². The number of carbonyl (C=O) groups excluding carboxylic acids is 1. The van der Waals surface area contributed by atoms with Crippen LogP contribution in [0.5, 0.6) is 11.6 Å². The molecule has 0 aliphatic carbocycles.